The second-order valence-electron chi connectivity index (χ2n) is 4.25. The van der Waals surface area contributed by atoms with Crippen LogP contribution in [0.15, 0.2) is 18.2 Å². The Hall–Kier alpha value is -0.810. The highest BCUT2D eigenvalue weighted by Crippen LogP contribution is 2.24. The Morgan fingerprint density at radius 2 is 2.35 bits per heavy atom. The molecule has 1 fully saturated rings. The molecule has 2 rings (SSSR count). The van der Waals surface area contributed by atoms with Gasteiger partial charge in [0.25, 0.3) is 0 Å². The van der Waals surface area contributed by atoms with Gasteiger partial charge < -0.3 is 15.6 Å². The van der Waals surface area contributed by atoms with Gasteiger partial charge in [-0.3, -0.25) is 4.90 Å². The van der Waals surface area contributed by atoms with Crippen molar-refractivity contribution in [1.82, 2.24) is 4.90 Å². The average molecular weight is 257 g/mol. The van der Waals surface area contributed by atoms with E-state index in [1.807, 2.05) is 6.07 Å². The normalized spacial score (nSPS) is 21.6. The van der Waals surface area contributed by atoms with E-state index in [0.29, 0.717) is 18.2 Å². The number of phenols is 1. The third-order valence-electron chi connectivity index (χ3n) is 2.90. The van der Waals surface area contributed by atoms with E-state index in [4.69, 9.17) is 22.1 Å². The summed E-state index contributed by atoms with van der Waals surface area (Å²) in [6, 6.07) is 5.30. The molecular formula is C12H17ClN2O2. The van der Waals surface area contributed by atoms with Crippen molar-refractivity contribution in [2.24, 2.45) is 5.73 Å². The summed E-state index contributed by atoms with van der Waals surface area (Å²) in [5.41, 5.74) is 6.69. The van der Waals surface area contributed by atoms with Gasteiger partial charge in [0.2, 0.25) is 0 Å². The van der Waals surface area contributed by atoms with Crippen molar-refractivity contribution >= 4 is 11.6 Å². The Bertz CT molecular complexity index is 387. The Morgan fingerprint density at radius 3 is 3.06 bits per heavy atom. The standard InChI is InChI=1S/C12H17ClN2O2/c13-11-5-9(1-2-12(11)16)7-15-3-4-17-10(6-14)8-15/h1-2,5,10,16H,3-4,6-8,14H2. The molecule has 1 atom stereocenters. The van der Waals surface area contributed by atoms with Crippen LogP contribution >= 0.6 is 11.6 Å². The van der Waals surface area contributed by atoms with Crippen LogP contribution in [-0.4, -0.2) is 42.4 Å². The Labute approximate surface area is 106 Å². The SMILES string of the molecule is NCC1CN(Cc2ccc(O)c(Cl)c2)CCO1. The van der Waals surface area contributed by atoms with Crippen LogP contribution in [0.2, 0.25) is 5.02 Å². The number of hydrogen-bond donors (Lipinski definition) is 2. The van der Waals surface area contributed by atoms with E-state index >= 15 is 0 Å². The number of morpholine rings is 1. The van der Waals surface area contributed by atoms with E-state index in [-0.39, 0.29) is 11.9 Å². The molecule has 0 aromatic heterocycles. The van der Waals surface area contributed by atoms with Crippen LogP contribution in [0.5, 0.6) is 5.75 Å². The van der Waals surface area contributed by atoms with Crippen molar-refractivity contribution < 1.29 is 9.84 Å². The van der Waals surface area contributed by atoms with Gasteiger partial charge >= 0.3 is 0 Å². The van der Waals surface area contributed by atoms with Crippen LogP contribution in [-0.2, 0) is 11.3 Å². The fraction of sp³-hybridized carbons (Fsp3) is 0.500. The second-order valence-corrected chi connectivity index (χ2v) is 4.66. The van der Waals surface area contributed by atoms with Gasteiger partial charge in [-0.15, -0.1) is 0 Å². The predicted octanol–water partition coefficient (Wildman–Crippen LogP) is 1.21. The van der Waals surface area contributed by atoms with Crippen molar-refractivity contribution in [2.75, 3.05) is 26.2 Å². The van der Waals surface area contributed by atoms with E-state index < -0.39 is 0 Å². The molecular weight excluding hydrogens is 240 g/mol. The maximum absolute atomic E-state index is 9.35. The summed E-state index contributed by atoms with van der Waals surface area (Å²) in [6.45, 7) is 3.81. The molecule has 1 heterocycles. The van der Waals surface area contributed by atoms with Crippen LogP contribution in [0, 0.1) is 0 Å². The number of benzene rings is 1. The lowest BCUT2D eigenvalue weighted by atomic mass is 10.2. The zero-order valence-electron chi connectivity index (χ0n) is 9.60. The highest BCUT2D eigenvalue weighted by molar-refractivity contribution is 6.32. The van der Waals surface area contributed by atoms with E-state index in [0.717, 1.165) is 25.2 Å². The van der Waals surface area contributed by atoms with Crippen molar-refractivity contribution in [3.8, 4) is 5.75 Å². The molecule has 17 heavy (non-hydrogen) atoms. The first kappa shape index (κ1) is 12.6. The molecule has 94 valence electrons. The molecule has 0 amide bonds. The molecule has 1 aliphatic rings. The Kier molecular flexibility index (Phi) is 4.23. The zero-order valence-corrected chi connectivity index (χ0v) is 10.4. The first-order valence-corrected chi connectivity index (χ1v) is 6.08. The highest BCUT2D eigenvalue weighted by atomic mass is 35.5. The third kappa shape index (κ3) is 3.33. The molecule has 1 saturated heterocycles. The largest absolute Gasteiger partial charge is 0.506 e. The molecule has 1 aromatic rings. The van der Waals surface area contributed by atoms with Gasteiger partial charge in [0, 0.05) is 26.2 Å². The van der Waals surface area contributed by atoms with E-state index in [2.05, 4.69) is 4.90 Å². The third-order valence-corrected chi connectivity index (χ3v) is 3.21. The van der Waals surface area contributed by atoms with E-state index in [1.54, 1.807) is 12.1 Å². The molecule has 1 unspecified atom stereocenters. The summed E-state index contributed by atoms with van der Waals surface area (Å²) in [5.74, 6) is 0.122. The van der Waals surface area contributed by atoms with E-state index in [1.165, 1.54) is 0 Å². The molecule has 0 aliphatic carbocycles. The minimum atomic E-state index is 0.122. The zero-order chi connectivity index (χ0) is 12.3. The Balaban J connectivity index is 1.97. The van der Waals surface area contributed by atoms with Gasteiger partial charge in [0.05, 0.1) is 17.7 Å². The molecule has 3 N–H and O–H groups in total. The van der Waals surface area contributed by atoms with Crippen molar-refractivity contribution in [3.05, 3.63) is 28.8 Å². The molecule has 0 spiro atoms. The summed E-state index contributed by atoms with van der Waals surface area (Å²) in [7, 11) is 0. The van der Waals surface area contributed by atoms with Crippen molar-refractivity contribution in [1.29, 1.82) is 0 Å². The summed E-state index contributed by atoms with van der Waals surface area (Å²) in [6.07, 6.45) is 0.122. The number of nitrogens with two attached hydrogens (primary N) is 1. The number of ether oxygens (including phenoxy) is 1. The molecule has 0 bridgehead atoms. The van der Waals surface area contributed by atoms with Gasteiger partial charge in [-0.2, -0.15) is 0 Å². The van der Waals surface area contributed by atoms with Gasteiger partial charge in [-0.25, -0.2) is 0 Å². The monoisotopic (exact) mass is 256 g/mol. The molecule has 0 radical (unpaired) electrons. The Morgan fingerprint density at radius 1 is 1.53 bits per heavy atom. The van der Waals surface area contributed by atoms with Gasteiger partial charge in [-0.1, -0.05) is 17.7 Å². The smallest absolute Gasteiger partial charge is 0.134 e. The topological polar surface area (TPSA) is 58.7 Å². The average Bonchev–Trinajstić information content (AvgIpc) is 2.34. The maximum atomic E-state index is 9.35. The highest BCUT2D eigenvalue weighted by Gasteiger charge is 2.19. The van der Waals surface area contributed by atoms with Crippen LogP contribution in [0.3, 0.4) is 0 Å². The van der Waals surface area contributed by atoms with Crippen molar-refractivity contribution in [2.45, 2.75) is 12.6 Å². The van der Waals surface area contributed by atoms with Gasteiger partial charge in [0.1, 0.15) is 5.75 Å². The van der Waals surface area contributed by atoms with Crippen LogP contribution in [0.4, 0.5) is 0 Å². The lowest BCUT2D eigenvalue weighted by molar-refractivity contribution is -0.0260. The molecule has 5 heteroatoms. The van der Waals surface area contributed by atoms with Crippen LogP contribution in [0.25, 0.3) is 0 Å². The van der Waals surface area contributed by atoms with Crippen LogP contribution < -0.4 is 5.73 Å². The van der Waals surface area contributed by atoms with Crippen molar-refractivity contribution in [3.63, 3.8) is 0 Å². The summed E-state index contributed by atoms with van der Waals surface area (Å²) >= 11 is 5.87. The number of phenolic OH excluding ortho intramolecular Hbond substituents is 1. The number of hydrogen-bond acceptors (Lipinski definition) is 4. The minimum Gasteiger partial charge on any atom is -0.506 e. The van der Waals surface area contributed by atoms with E-state index in [9.17, 15) is 5.11 Å². The summed E-state index contributed by atoms with van der Waals surface area (Å²) in [4.78, 5) is 2.28. The first-order chi connectivity index (χ1) is 8.19. The number of halogens is 1. The predicted molar refractivity (Wildman–Crippen MR) is 67.2 cm³/mol. The summed E-state index contributed by atoms with van der Waals surface area (Å²) in [5, 5.41) is 9.74. The quantitative estimate of drug-likeness (QED) is 0.854. The lowest BCUT2D eigenvalue weighted by Gasteiger charge is -2.32. The molecule has 0 saturated carbocycles. The number of rotatable bonds is 3. The van der Waals surface area contributed by atoms with Gasteiger partial charge in [0.15, 0.2) is 0 Å². The number of aromatic hydroxyl groups is 1. The molecule has 1 aromatic carbocycles. The second kappa shape index (κ2) is 5.69. The summed E-state index contributed by atoms with van der Waals surface area (Å²) < 4.78 is 5.51. The van der Waals surface area contributed by atoms with Gasteiger partial charge in [-0.05, 0) is 17.7 Å². The molecule has 1 aliphatic heterocycles. The lowest BCUT2D eigenvalue weighted by Crippen LogP contribution is -2.45. The minimum absolute atomic E-state index is 0.122. The maximum Gasteiger partial charge on any atom is 0.134 e. The fourth-order valence-electron chi connectivity index (χ4n) is 1.97. The molecule has 4 nitrogen and oxygen atoms in total. The van der Waals surface area contributed by atoms with Crippen LogP contribution in [0.1, 0.15) is 5.56 Å². The number of nitrogens with zero attached hydrogens (tertiary/aromatic N) is 1. The first-order valence-electron chi connectivity index (χ1n) is 5.70. The fourth-order valence-corrected chi connectivity index (χ4v) is 2.18.